The van der Waals surface area contributed by atoms with E-state index in [9.17, 15) is 4.79 Å². The zero-order chi connectivity index (χ0) is 17.2. The number of carbonyl (C=O) groups is 1. The average Bonchev–Trinajstić information content (AvgIpc) is 3.12. The van der Waals surface area contributed by atoms with Crippen LogP contribution in [0.4, 0.5) is 4.79 Å². The molecule has 2 amide bonds. The first-order valence-electron chi connectivity index (χ1n) is 7.88. The molecule has 0 saturated heterocycles. The van der Waals surface area contributed by atoms with Crippen molar-refractivity contribution < 1.29 is 18.7 Å². The molecule has 130 valence electrons. The van der Waals surface area contributed by atoms with E-state index in [0.29, 0.717) is 26.2 Å². The Labute approximate surface area is 142 Å². The number of furan rings is 1. The molecule has 0 radical (unpaired) electrons. The second-order valence-electron chi connectivity index (χ2n) is 5.38. The van der Waals surface area contributed by atoms with Gasteiger partial charge in [-0.05, 0) is 30.2 Å². The number of methoxy groups -OCH3 is 2. The van der Waals surface area contributed by atoms with Crippen molar-refractivity contribution in [2.75, 3.05) is 33.9 Å². The fourth-order valence-corrected chi connectivity index (χ4v) is 2.27. The number of benzene rings is 1. The van der Waals surface area contributed by atoms with E-state index in [4.69, 9.17) is 13.9 Å². The number of hydrogen-bond acceptors (Lipinski definition) is 4. The fourth-order valence-electron chi connectivity index (χ4n) is 2.27. The molecule has 0 unspecified atom stereocenters. The first kappa shape index (κ1) is 17.9. The first-order valence-corrected chi connectivity index (χ1v) is 7.88. The van der Waals surface area contributed by atoms with Crippen LogP contribution < -0.4 is 10.1 Å². The number of nitrogens with zero attached hydrogens (tertiary/aromatic N) is 1. The minimum absolute atomic E-state index is 0.109. The third kappa shape index (κ3) is 5.62. The Morgan fingerprint density at radius 3 is 2.58 bits per heavy atom. The molecule has 6 heteroatoms. The van der Waals surface area contributed by atoms with Crippen molar-refractivity contribution in [2.45, 2.75) is 13.0 Å². The maximum Gasteiger partial charge on any atom is 0.317 e. The first-order chi connectivity index (χ1) is 11.7. The van der Waals surface area contributed by atoms with Crippen LogP contribution in [0.15, 0.2) is 47.3 Å². The molecule has 2 aromatic rings. The monoisotopic (exact) mass is 332 g/mol. The SMILES string of the molecule is COCCN(Cc1ccoc1)C(=O)NCCc1ccc(OC)cc1. The summed E-state index contributed by atoms with van der Waals surface area (Å²) in [6, 6.07) is 9.58. The van der Waals surface area contributed by atoms with Gasteiger partial charge >= 0.3 is 6.03 Å². The number of amides is 2. The van der Waals surface area contributed by atoms with E-state index >= 15 is 0 Å². The predicted octanol–water partition coefficient (Wildman–Crippen LogP) is 2.69. The number of rotatable bonds is 9. The number of hydrogen-bond donors (Lipinski definition) is 1. The summed E-state index contributed by atoms with van der Waals surface area (Å²) in [5.74, 6) is 0.827. The molecule has 0 bridgehead atoms. The molecule has 1 N–H and O–H groups in total. The number of ether oxygens (including phenoxy) is 2. The molecule has 6 nitrogen and oxygen atoms in total. The second-order valence-corrected chi connectivity index (χ2v) is 5.38. The van der Waals surface area contributed by atoms with Crippen LogP contribution in [-0.2, 0) is 17.7 Å². The Kier molecular flexibility index (Phi) is 7.17. The van der Waals surface area contributed by atoms with E-state index in [1.165, 1.54) is 0 Å². The van der Waals surface area contributed by atoms with Crippen LogP contribution in [-0.4, -0.2) is 44.8 Å². The molecule has 2 rings (SSSR count). The highest BCUT2D eigenvalue weighted by molar-refractivity contribution is 5.74. The minimum atomic E-state index is -0.109. The molecule has 0 saturated carbocycles. The van der Waals surface area contributed by atoms with Gasteiger partial charge in [0.05, 0.1) is 32.8 Å². The molecular formula is C18H24N2O4. The Bertz CT molecular complexity index is 596. The number of carbonyl (C=O) groups excluding carboxylic acids is 1. The molecule has 0 fully saturated rings. The van der Waals surface area contributed by atoms with Gasteiger partial charge in [-0.15, -0.1) is 0 Å². The van der Waals surface area contributed by atoms with Gasteiger partial charge in [0.1, 0.15) is 5.75 Å². The Morgan fingerprint density at radius 1 is 1.17 bits per heavy atom. The lowest BCUT2D eigenvalue weighted by Gasteiger charge is -2.22. The van der Waals surface area contributed by atoms with Crippen LogP contribution in [0.2, 0.25) is 0 Å². The van der Waals surface area contributed by atoms with Crippen molar-refractivity contribution in [3.63, 3.8) is 0 Å². The Balaban J connectivity index is 1.82. The lowest BCUT2D eigenvalue weighted by Crippen LogP contribution is -2.41. The van der Waals surface area contributed by atoms with Gasteiger partial charge in [0.15, 0.2) is 0 Å². The van der Waals surface area contributed by atoms with Gasteiger partial charge in [0.25, 0.3) is 0 Å². The van der Waals surface area contributed by atoms with E-state index in [2.05, 4.69) is 5.32 Å². The van der Waals surface area contributed by atoms with Gasteiger partial charge < -0.3 is 24.1 Å². The average molecular weight is 332 g/mol. The Morgan fingerprint density at radius 2 is 1.96 bits per heavy atom. The zero-order valence-corrected chi connectivity index (χ0v) is 14.2. The molecule has 1 aromatic heterocycles. The van der Waals surface area contributed by atoms with Crippen LogP contribution in [0, 0.1) is 0 Å². The zero-order valence-electron chi connectivity index (χ0n) is 14.2. The number of nitrogens with one attached hydrogen (secondary N) is 1. The standard InChI is InChI=1S/C18H24N2O4/c1-22-12-10-20(13-16-8-11-24-14-16)18(21)19-9-7-15-3-5-17(23-2)6-4-15/h3-6,8,11,14H,7,9-10,12-13H2,1-2H3,(H,19,21). The quantitative estimate of drug-likeness (QED) is 0.767. The van der Waals surface area contributed by atoms with Crippen LogP contribution in [0.3, 0.4) is 0 Å². The topological polar surface area (TPSA) is 63.9 Å². The molecular weight excluding hydrogens is 308 g/mol. The molecule has 0 spiro atoms. The molecule has 1 aromatic carbocycles. The second kappa shape index (κ2) is 9.62. The summed E-state index contributed by atoms with van der Waals surface area (Å²) in [6.45, 7) is 2.08. The van der Waals surface area contributed by atoms with Gasteiger partial charge in [-0.3, -0.25) is 0 Å². The lowest BCUT2D eigenvalue weighted by atomic mass is 10.1. The fraction of sp³-hybridized carbons (Fsp3) is 0.389. The van der Waals surface area contributed by atoms with Crippen molar-refractivity contribution >= 4 is 6.03 Å². The number of urea groups is 1. The van der Waals surface area contributed by atoms with Gasteiger partial charge in [0.2, 0.25) is 0 Å². The van der Waals surface area contributed by atoms with E-state index in [0.717, 1.165) is 23.3 Å². The van der Waals surface area contributed by atoms with Gasteiger partial charge in [-0.2, -0.15) is 0 Å². The van der Waals surface area contributed by atoms with E-state index in [1.807, 2.05) is 30.3 Å². The predicted molar refractivity (Wildman–Crippen MR) is 91.1 cm³/mol. The third-order valence-corrected chi connectivity index (χ3v) is 3.66. The normalized spacial score (nSPS) is 10.4. The van der Waals surface area contributed by atoms with Crippen molar-refractivity contribution in [1.82, 2.24) is 10.2 Å². The van der Waals surface area contributed by atoms with Crippen molar-refractivity contribution in [3.05, 3.63) is 54.0 Å². The van der Waals surface area contributed by atoms with Crippen LogP contribution in [0.5, 0.6) is 5.75 Å². The summed E-state index contributed by atoms with van der Waals surface area (Å²) in [5, 5.41) is 2.95. The summed E-state index contributed by atoms with van der Waals surface area (Å²) in [4.78, 5) is 14.1. The van der Waals surface area contributed by atoms with Gasteiger partial charge in [-0.25, -0.2) is 4.79 Å². The molecule has 0 aliphatic rings. The molecule has 0 aliphatic carbocycles. The molecule has 1 heterocycles. The van der Waals surface area contributed by atoms with Gasteiger partial charge in [0, 0.05) is 25.8 Å². The van der Waals surface area contributed by atoms with Crippen molar-refractivity contribution in [1.29, 1.82) is 0 Å². The molecule has 0 atom stereocenters. The third-order valence-electron chi connectivity index (χ3n) is 3.66. The molecule has 24 heavy (non-hydrogen) atoms. The Hall–Kier alpha value is -2.47. The highest BCUT2D eigenvalue weighted by atomic mass is 16.5. The van der Waals surface area contributed by atoms with Gasteiger partial charge in [-0.1, -0.05) is 12.1 Å². The summed E-state index contributed by atoms with van der Waals surface area (Å²) >= 11 is 0. The summed E-state index contributed by atoms with van der Waals surface area (Å²) in [6.07, 6.45) is 4.01. The van der Waals surface area contributed by atoms with Crippen molar-refractivity contribution in [2.24, 2.45) is 0 Å². The summed E-state index contributed by atoms with van der Waals surface area (Å²) < 4.78 is 15.3. The van der Waals surface area contributed by atoms with Crippen LogP contribution in [0.1, 0.15) is 11.1 Å². The highest BCUT2D eigenvalue weighted by Crippen LogP contribution is 2.11. The maximum absolute atomic E-state index is 12.4. The highest BCUT2D eigenvalue weighted by Gasteiger charge is 2.13. The smallest absolute Gasteiger partial charge is 0.317 e. The largest absolute Gasteiger partial charge is 0.497 e. The minimum Gasteiger partial charge on any atom is -0.497 e. The van der Waals surface area contributed by atoms with Crippen LogP contribution >= 0.6 is 0 Å². The van der Waals surface area contributed by atoms with E-state index in [1.54, 1.807) is 31.6 Å². The summed E-state index contributed by atoms with van der Waals surface area (Å²) in [5.41, 5.74) is 2.10. The van der Waals surface area contributed by atoms with E-state index < -0.39 is 0 Å². The molecule has 0 aliphatic heterocycles. The maximum atomic E-state index is 12.4. The summed E-state index contributed by atoms with van der Waals surface area (Å²) in [7, 11) is 3.27. The van der Waals surface area contributed by atoms with Crippen LogP contribution in [0.25, 0.3) is 0 Å². The lowest BCUT2D eigenvalue weighted by molar-refractivity contribution is 0.146. The van der Waals surface area contributed by atoms with E-state index in [-0.39, 0.29) is 6.03 Å². The van der Waals surface area contributed by atoms with Crippen molar-refractivity contribution in [3.8, 4) is 5.75 Å².